The van der Waals surface area contributed by atoms with Crippen molar-refractivity contribution >= 4 is 5.91 Å². The summed E-state index contributed by atoms with van der Waals surface area (Å²) in [4.78, 5) is 39.4. The first-order valence-electron chi connectivity index (χ1n) is 7.81. The number of ether oxygens (including phenoxy) is 1. The lowest BCUT2D eigenvalue weighted by atomic mass is 10.0. The molecule has 24 heavy (non-hydrogen) atoms. The van der Waals surface area contributed by atoms with E-state index in [1.807, 2.05) is 24.3 Å². The molecule has 126 valence electrons. The third-order valence-corrected chi connectivity index (χ3v) is 4.28. The number of benzene rings is 1. The molecule has 1 atom stereocenters. The number of methoxy groups -OCH3 is 1. The molecular formula is C17H19N3O4. The number of aromatic nitrogens is 2. The van der Waals surface area contributed by atoms with Crippen LogP contribution < -0.4 is 16.0 Å². The van der Waals surface area contributed by atoms with Crippen LogP contribution in [0.15, 0.2) is 46.1 Å². The van der Waals surface area contributed by atoms with Crippen LogP contribution in [0.4, 0.5) is 0 Å². The van der Waals surface area contributed by atoms with Crippen molar-refractivity contribution in [3.63, 3.8) is 0 Å². The Morgan fingerprint density at radius 1 is 1.25 bits per heavy atom. The third-order valence-electron chi connectivity index (χ3n) is 4.28. The van der Waals surface area contributed by atoms with E-state index in [0.29, 0.717) is 6.54 Å². The number of H-pyrrole nitrogens is 1. The Labute approximate surface area is 138 Å². The number of hydrogen-bond acceptors (Lipinski definition) is 4. The maximum absolute atomic E-state index is 12.6. The monoisotopic (exact) mass is 329 g/mol. The van der Waals surface area contributed by atoms with E-state index in [1.54, 1.807) is 12.0 Å². The van der Waals surface area contributed by atoms with E-state index in [9.17, 15) is 14.4 Å². The molecule has 2 heterocycles. The minimum absolute atomic E-state index is 0.00173. The van der Waals surface area contributed by atoms with Gasteiger partial charge in [0, 0.05) is 18.8 Å². The van der Waals surface area contributed by atoms with E-state index >= 15 is 0 Å². The van der Waals surface area contributed by atoms with Crippen molar-refractivity contribution in [3.05, 3.63) is 62.9 Å². The van der Waals surface area contributed by atoms with Gasteiger partial charge in [0.2, 0.25) is 5.91 Å². The number of rotatable bonds is 4. The van der Waals surface area contributed by atoms with E-state index in [2.05, 4.69) is 4.98 Å². The highest BCUT2D eigenvalue weighted by Crippen LogP contribution is 2.32. The van der Waals surface area contributed by atoms with E-state index < -0.39 is 11.2 Å². The highest BCUT2D eigenvalue weighted by molar-refractivity contribution is 5.76. The van der Waals surface area contributed by atoms with Crippen LogP contribution in [0, 0.1) is 0 Å². The second-order valence-corrected chi connectivity index (χ2v) is 5.76. The molecule has 1 saturated heterocycles. The van der Waals surface area contributed by atoms with Gasteiger partial charge in [0.25, 0.3) is 5.56 Å². The average Bonchev–Trinajstić information content (AvgIpc) is 3.07. The Bertz CT molecular complexity index is 838. The van der Waals surface area contributed by atoms with Gasteiger partial charge in [0.15, 0.2) is 0 Å². The molecule has 1 amide bonds. The van der Waals surface area contributed by atoms with E-state index in [0.717, 1.165) is 24.2 Å². The summed E-state index contributed by atoms with van der Waals surface area (Å²) in [6.07, 6.45) is 3.15. The molecule has 0 aliphatic carbocycles. The SMILES string of the molecule is COc1ccc(C2CCCN2C(=O)Cn2ccc(=O)[nH]c2=O)cc1. The van der Waals surface area contributed by atoms with Crippen LogP contribution in [-0.4, -0.2) is 34.0 Å². The molecule has 0 bridgehead atoms. The molecule has 0 radical (unpaired) electrons. The van der Waals surface area contributed by atoms with Crippen molar-refractivity contribution in [1.82, 2.24) is 14.5 Å². The van der Waals surface area contributed by atoms with Gasteiger partial charge in [0.05, 0.1) is 13.2 Å². The van der Waals surface area contributed by atoms with Crippen molar-refractivity contribution in [2.45, 2.75) is 25.4 Å². The standard InChI is InChI=1S/C17H19N3O4/c1-24-13-6-4-12(5-7-13)14-3-2-9-20(14)16(22)11-19-10-8-15(21)18-17(19)23/h4-8,10,14H,2-3,9,11H2,1H3,(H,18,21,23). The molecule has 7 heteroatoms. The lowest BCUT2D eigenvalue weighted by Gasteiger charge is -2.25. The molecule has 1 unspecified atom stereocenters. The van der Waals surface area contributed by atoms with Gasteiger partial charge in [0.1, 0.15) is 12.3 Å². The maximum Gasteiger partial charge on any atom is 0.328 e. The molecule has 1 fully saturated rings. The summed E-state index contributed by atoms with van der Waals surface area (Å²) >= 11 is 0. The molecule has 1 aliphatic heterocycles. The van der Waals surface area contributed by atoms with Crippen LogP contribution in [0.5, 0.6) is 5.75 Å². The zero-order valence-corrected chi connectivity index (χ0v) is 13.4. The Morgan fingerprint density at radius 3 is 2.67 bits per heavy atom. The third kappa shape index (κ3) is 3.24. The van der Waals surface area contributed by atoms with Gasteiger partial charge < -0.3 is 9.64 Å². The number of likely N-dealkylation sites (tertiary alicyclic amines) is 1. The lowest BCUT2D eigenvalue weighted by Crippen LogP contribution is -2.38. The summed E-state index contributed by atoms with van der Waals surface area (Å²) in [6.45, 7) is 0.579. The zero-order chi connectivity index (χ0) is 17.1. The quantitative estimate of drug-likeness (QED) is 0.903. The van der Waals surface area contributed by atoms with Gasteiger partial charge >= 0.3 is 5.69 Å². The molecule has 3 rings (SSSR count). The number of nitrogens with one attached hydrogen (secondary N) is 1. The van der Waals surface area contributed by atoms with Crippen LogP contribution in [0.1, 0.15) is 24.4 Å². The summed E-state index contributed by atoms with van der Waals surface area (Å²) in [6, 6.07) is 8.91. The van der Waals surface area contributed by atoms with Gasteiger partial charge in [-0.2, -0.15) is 0 Å². The summed E-state index contributed by atoms with van der Waals surface area (Å²) in [5.41, 5.74) is 0.00694. The second-order valence-electron chi connectivity index (χ2n) is 5.76. The first-order valence-corrected chi connectivity index (χ1v) is 7.81. The van der Waals surface area contributed by atoms with Gasteiger partial charge in [-0.05, 0) is 30.5 Å². The number of aromatic amines is 1. The van der Waals surface area contributed by atoms with Gasteiger partial charge in [-0.25, -0.2) is 4.79 Å². The minimum atomic E-state index is -0.573. The predicted octanol–water partition coefficient (Wildman–Crippen LogP) is 0.909. The van der Waals surface area contributed by atoms with E-state index in [4.69, 9.17) is 4.74 Å². The lowest BCUT2D eigenvalue weighted by molar-refractivity contribution is -0.132. The number of nitrogens with zero attached hydrogens (tertiary/aromatic N) is 2. The predicted molar refractivity (Wildman–Crippen MR) is 88.0 cm³/mol. The molecule has 7 nitrogen and oxygen atoms in total. The van der Waals surface area contributed by atoms with E-state index in [-0.39, 0.29) is 18.5 Å². The summed E-state index contributed by atoms with van der Waals surface area (Å²) in [5.74, 6) is 0.636. The molecule has 0 saturated carbocycles. The van der Waals surface area contributed by atoms with Crippen molar-refractivity contribution in [2.75, 3.05) is 13.7 Å². The van der Waals surface area contributed by atoms with Crippen molar-refractivity contribution in [2.24, 2.45) is 0 Å². The Kier molecular flexibility index (Phi) is 4.50. The first-order chi connectivity index (χ1) is 11.6. The molecular weight excluding hydrogens is 310 g/mol. The van der Waals surface area contributed by atoms with Crippen LogP contribution in [0.25, 0.3) is 0 Å². The first kappa shape index (κ1) is 16.0. The largest absolute Gasteiger partial charge is 0.497 e. The maximum atomic E-state index is 12.6. The summed E-state index contributed by atoms with van der Waals surface area (Å²) < 4.78 is 6.38. The van der Waals surface area contributed by atoms with Crippen molar-refractivity contribution < 1.29 is 9.53 Å². The normalized spacial score (nSPS) is 17.0. The molecule has 0 spiro atoms. The Hall–Kier alpha value is -2.83. The van der Waals surface area contributed by atoms with Crippen molar-refractivity contribution in [3.8, 4) is 5.75 Å². The fraction of sp³-hybridized carbons (Fsp3) is 0.353. The van der Waals surface area contributed by atoms with Crippen LogP contribution in [-0.2, 0) is 11.3 Å². The van der Waals surface area contributed by atoms with Gasteiger partial charge in [-0.15, -0.1) is 0 Å². The van der Waals surface area contributed by atoms with Gasteiger partial charge in [-0.3, -0.25) is 19.1 Å². The van der Waals surface area contributed by atoms with Gasteiger partial charge in [-0.1, -0.05) is 12.1 Å². The summed E-state index contributed by atoms with van der Waals surface area (Å²) in [7, 11) is 1.61. The molecule has 2 aromatic rings. The number of carbonyl (C=O) groups excluding carboxylic acids is 1. The fourth-order valence-electron chi connectivity index (χ4n) is 3.04. The summed E-state index contributed by atoms with van der Waals surface area (Å²) in [5, 5.41) is 0. The zero-order valence-electron chi connectivity index (χ0n) is 13.4. The van der Waals surface area contributed by atoms with Crippen LogP contribution >= 0.6 is 0 Å². The Morgan fingerprint density at radius 2 is 2.00 bits per heavy atom. The molecule has 1 aromatic heterocycles. The minimum Gasteiger partial charge on any atom is -0.497 e. The number of hydrogen-bond donors (Lipinski definition) is 1. The highest BCUT2D eigenvalue weighted by atomic mass is 16.5. The van der Waals surface area contributed by atoms with Crippen LogP contribution in [0.3, 0.4) is 0 Å². The second kappa shape index (κ2) is 6.74. The number of amides is 1. The van der Waals surface area contributed by atoms with E-state index in [1.165, 1.54) is 16.8 Å². The topological polar surface area (TPSA) is 84.4 Å². The average molecular weight is 329 g/mol. The number of carbonyl (C=O) groups is 1. The molecule has 1 N–H and O–H groups in total. The Balaban J connectivity index is 1.77. The molecule has 1 aliphatic rings. The fourth-order valence-corrected chi connectivity index (χ4v) is 3.04. The smallest absolute Gasteiger partial charge is 0.328 e. The van der Waals surface area contributed by atoms with Crippen molar-refractivity contribution in [1.29, 1.82) is 0 Å². The molecule has 1 aromatic carbocycles. The highest BCUT2D eigenvalue weighted by Gasteiger charge is 2.30. The van der Waals surface area contributed by atoms with Crippen LogP contribution in [0.2, 0.25) is 0 Å².